The minimum Gasteiger partial charge on any atom is -0.480 e. The molecule has 0 amide bonds. The molecule has 1 aromatic carbocycles. The lowest BCUT2D eigenvalue weighted by Crippen LogP contribution is -2.36. The van der Waals surface area contributed by atoms with E-state index in [9.17, 15) is 4.79 Å². The van der Waals surface area contributed by atoms with Gasteiger partial charge in [0, 0.05) is 41.8 Å². The summed E-state index contributed by atoms with van der Waals surface area (Å²) in [7, 11) is 0. The molecule has 1 atom stereocenters. The van der Waals surface area contributed by atoms with Gasteiger partial charge in [-0.05, 0) is 24.6 Å². The molecule has 6 heteroatoms. The quantitative estimate of drug-likeness (QED) is 0.798. The Hall–Kier alpha value is -2.05. The van der Waals surface area contributed by atoms with Crippen molar-refractivity contribution >= 4 is 22.6 Å². The fourth-order valence-electron chi connectivity index (χ4n) is 3.06. The second-order valence-corrected chi connectivity index (χ2v) is 5.68. The van der Waals surface area contributed by atoms with E-state index in [-0.39, 0.29) is 0 Å². The van der Waals surface area contributed by atoms with Crippen LogP contribution in [0.15, 0.2) is 18.2 Å². The minimum atomic E-state index is -0.974. The van der Waals surface area contributed by atoms with Gasteiger partial charge in [-0.15, -0.1) is 0 Å². The van der Waals surface area contributed by atoms with Crippen LogP contribution in [0.25, 0.3) is 10.9 Å². The number of aryl methyl sites for hydroxylation is 1. The Morgan fingerprint density at radius 1 is 1.38 bits per heavy atom. The van der Waals surface area contributed by atoms with E-state index >= 15 is 0 Å². The third kappa shape index (κ3) is 3.71. The summed E-state index contributed by atoms with van der Waals surface area (Å²) in [5, 5.41) is 10.2. The number of aliphatic carboxylic acids is 1. The number of H-pyrrole nitrogens is 1. The van der Waals surface area contributed by atoms with Gasteiger partial charge >= 0.3 is 5.97 Å². The molecule has 6 nitrogen and oxygen atoms in total. The molecule has 2 heterocycles. The van der Waals surface area contributed by atoms with Crippen molar-refractivity contribution in [2.75, 3.05) is 31.2 Å². The Bertz CT molecular complexity index is 690. The number of benzene rings is 1. The third-order valence-electron chi connectivity index (χ3n) is 4.21. The largest absolute Gasteiger partial charge is 0.480 e. The summed E-state index contributed by atoms with van der Waals surface area (Å²) in [6.07, 6.45) is 0.322. The Labute approximate surface area is 142 Å². The zero-order chi connectivity index (χ0) is 17.7. The highest BCUT2D eigenvalue weighted by Gasteiger charge is 2.21. The number of rotatable bonds is 4. The first kappa shape index (κ1) is 18.3. The molecule has 1 unspecified atom stereocenters. The molecule has 4 N–H and O–H groups in total. The van der Waals surface area contributed by atoms with Crippen molar-refractivity contribution < 1.29 is 14.6 Å². The number of morpholine rings is 1. The van der Waals surface area contributed by atoms with Crippen LogP contribution in [0.1, 0.15) is 25.1 Å². The molecule has 24 heavy (non-hydrogen) atoms. The number of aromatic nitrogens is 1. The van der Waals surface area contributed by atoms with Gasteiger partial charge in [0.15, 0.2) is 0 Å². The fourth-order valence-corrected chi connectivity index (χ4v) is 3.06. The maximum absolute atomic E-state index is 11.1. The van der Waals surface area contributed by atoms with Crippen molar-refractivity contribution in [2.24, 2.45) is 5.73 Å². The van der Waals surface area contributed by atoms with Crippen LogP contribution in [0.2, 0.25) is 0 Å². The molecule has 1 saturated heterocycles. The van der Waals surface area contributed by atoms with E-state index in [0.29, 0.717) is 19.6 Å². The number of hydrogen-bond acceptors (Lipinski definition) is 4. The molecule has 1 fully saturated rings. The minimum absolute atomic E-state index is 0.322. The molecule has 1 aliphatic rings. The van der Waals surface area contributed by atoms with Crippen molar-refractivity contribution in [3.8, 4) is 0 Å². The Morgan fingerprint density at radius 3 is 2.67 bits per heavy atom. The number of nitrogens with two attached hydrogens (primary N) is 1. The predicted octanol–water partition coefficient (Wildman–Crippen LogP) is 2.29. The molecule has 1 aromatic heterocycles. The lowest BCUT2D eigenvalue weighted by molar-refractivity contribution is -0.138. The summed E-state index contributed by atoms with van der Waals surface area (Å²) >= 11 is 0. The number of carboxylic acids is 1. The SMILES string of the molecule is CC.Cc1[nH]c2cccc(N3CCOCC3)c2c1CC(N)C(=O)O. The highest BCUT2D eigenvalue weighted by atomic mass is 16.5. The molecule has 1 aliphatic heterocycles. The number of ether oxygens (including phenoxy) is 1. The molecule has 0 aliphatic carbocycles. The summed E-state index contributed by atoms with van der Waals surface area (Å²) in [6, 6.07) is 5.22. The molecular weight excluding hydrogens is 306 g/mol. The van der Waals surface area contributed by atoms with E-state index in [1.54, 1.807) is 0 Å². The molecule has 3 rings (SSSR count). The maximum atomic E-state index is 11.1. The molecule has 2 aromatic rings. The van der Waals surface area contributed by atoms with Crippen LogP contribution in [0.3, 0.4) is 0 Å². The van der Waals surface area contributed by atoms with Gasteiger partial charge in [0.25, 0.3) is 0 Å². The van der Waals surface area contributed by atoms with Crippen LogP contribution >= 0.6 is 0 Å². The van der Waals surface area contributed by atoms with E-state index in [1.165, 1.54) is 0 Å². The van der Waals surface area contributed by atoms with E-state index < -0.39 is 12.0 Å². The van der Waals surface area contributed by atoms with Crippen molar-refractivity contribution in [2.45, 2.75) is 33.2 Å². The number of carbonyl (C=O) groups is 1. The van der Waals surface area contributed by atoms with Gasteiger partial charge in [0.2, 0.25) is 0 Å². The molecule has 0 saturated carbocycles. The third-order valence-corrected chi connectivity index (χ3v) is 4.21. The topological polar surface area (TPSA) is 91.6 Å². The van der Waals surface area contributed by atoms with Crippen molar-refractivity contribution in [1.82, 2.24) is 4.98 Å². The zero-order valence-electron chi connectivity index (χ0n) is 14.6. The van der Waals surface area contributed by atoms with Gasteiger partial charge < -0.3 is 25.5 Å². The maximum Gasteiger partial charge on any atom is 0.320 e. The standard InChI is InChI=1S/C16H21N3O3.C2H6/c1-10-11(9-12(17)16(20)21)15-13(18-10)3-2-4-14(15)19-5-7-22-8-6-19;1-2/h2-4,12,18H,5-9,17H2,1H3,(H,20,21);1-2H3. The number of anilines is 1. The number of carboxylic acid groups (broad SMARTS) is 1. The van der Waals surface area contributed by atoms with Gasteiger partial charge in [-0.3, -0.25) is 4.79 Å². The van der Waals surface area contributed by atoms with Crippen molar-refractivity contribution in [3.05, 3.63) is 29.5 Å². The Kier molecular flexibility index (Phi) is 6.23. The van der Waals surface area contributed by atoms with E-state index in [2.05, 4.69) is 16.0 Å². The smallest absolute Gasteiger partial charge is 0.320 e. The highest BCUT2D eigenvalue weighted by molar-refractivity contribution is 5.97. The Morgan fingerprint density at radius 2 is 2.04 bits per heavy atom. The van der Waals surface area contributed by atoms with Crippen LogP contribution in [-0.4, -0.2) is 48.4 Å². The van der Waals surface area contributed by atoms with Crippen molar-refractivity contribution in [1.29, 1.82) is 0 Å². The number of fused-ring (bicyclic) bond motifs is 1. The molecule has 0 radical (unpaired) electrons. The molecular formula is C18H27N3O3. The average molecular weight is 333 g/mol. The van der Waals surface area contributed by atoms with Gasteiger partial charge in [0.1, 0.15) is 6.04 Å². The number of hydrogen-bond donors (Lipinski definition) is 3. The number of aromatic amines is 1. The normalized spacial score (nSPS) is 15.8. The average Bonchev–Trinajstić information content (AvgIpc) is 2.93. The fraction of sp³-hybridized carbons (Fsp3) is 0.500. The lowest BCUT2D eigenvalue weighted by atomic mass is 10.0. The second-order valence-electron chi connectivity index (χ2n) is 5.68. The van der Waals surface area contributed by atoms with E-state index in [1.807, 2.05) is 32.9 Å². The molecule has 132 valence electrons. The van der Waals surface area contributed by atoms with Crippen LogP contribution < -0.4 is 10.6 Å². The summed E-state index contributed by atoms with van der Waals surface area (Å²) in [4.78, 5) is 16.7. The van der Waals surface area contributed by atoms with Crippen molar-refractivity contribution in [3.63, 3.8) is 0 Å². The van der Waals surface area contributed by atoms with Gasteiger partial charge in [-0.1, -0.05) is 19.9 Å². The first-order valence-corrected chi connectivity index (χ1v) is 8.49. The first-order valence-electron chi connectivity index (χ1n) is 8.49. The monoisotopic (exact) mass is 333 g/mol. The highest BCUT2D eigenvalue weighted by Crippen LogP contribution is 2.33. The van der Waals surface area contributed by atoms with Crippen LogP contribution in [0.4, 0.5) is 5.69 Å². The van der Waals surface area contributed by atoms with Gasteiger partial charge in [-0.25, -0.2) is 0 Å². The number of nitrogens with zero attached hydrogens (tertiary/aromatic N) is 1. The predicted molar refractivity (Wildman–Crippen MR) is 96.7 cm³/mol. The van der Waals surface area contributed by atoms with Crippen LogP contribution in [0, 0.1) is 6.92 Å². The van der Waals surface area contributed by atoms with E-state index in [0.717, 1.165) is 40.9 Å². The summed E-state index contributed by atoms with van der Waals surface area (Å²) in [5.74, 6) is -0.974. The van der Waals surface area contributed by atoms with E-state index in [4.69, 9.17) is 15.6 Å². The summed E-state index contributed by atoms with van der Waals surface area (Å²) in [6.45, 7) is 9.07. The molecule has 0 bridgehead atoms. The number of nitrogens with one attached hydrogen (secondary N) is 1. The summed E-state index contributed by atoms with van der Waals surface area (Å²) < 4.78 is 5.42. The molecule has 0 spiro atoms. The zero-order valence-corrected chi connectivity index (χ0v) is 14.6. The summed E-state index contributed by atoms with van der Waals surface area (Å²) in [5.41, 5.74) is 9.87. The van der Waals surface area contributed by atoms with Crippen LogP contribution in [-0.2, 0) is 16.0 Å². The van der Waals surface area contributed by atoms with Gasteiger partial charge in [-0.2, -0.15) is 0 Å². The van der Waals surface area contributed by atoms with Crippen LogP contribution in [0.5, 0.6) is 0 Å². The van der Waals surface area contributed by atoms with Gasteiger partial charge in [0.05, 0.1) is 13.2 Å². The lowest BCUT2D eigenvalue weighted by Gasteiger charge is -2.29. The Balaban J connectivity index is 0.00000100. The first-order chi connectivity index (χ1) is 11.6. The second kappa shape index (κ2) is 8.17.